The Kier molecular flexibility index (Phi) is 9.95. The molecular formula is C23H30FN3O5S. The molecule has 2 aromatic carbocycles. The van der Waals surface area contributed by atoms with Crippen LogP contribution in [0.15, 0.2) is 54.6 Å². The lowest BCUT2D eigenvalue weighted by molar-refractivity contribution is -0.141. The molecule has 0 bridgehead atoms. The van der Waals surface area contributed by atoms with Crippen molar-refractivity contribution < 1.29 is 27.1 Å². The number of carbonyl (C=O) groups excluding carboxylic acids is 2. The smallest absolute Gasteiger partial charge is 0.247 e. The summed E-state index contributed by atoms with van der Waals surface area (Å²) < 4.78 is 43.1. The topological polar surface area (TPSA) is 96.0 Å². The third-order valence-corrected chi connectivity index (χ3v) is 6.27. The number of sulfonamides is 1. The van der Waals surface area contributed by atoms with Crippen molar-refractivity contribution in [2.45, 2.75) is 19.0 Å². The van der Waals surface area contributed by atoms with Crippen LogP contribution in [0.5, 0.6) is 0 Å². The van der Waals surface area contributed by atoms with Gasteiger partial charge in [0, 0.05) is 33.9 Å². The molecule has 0 aromatic heterocycles. The van der Waals surface area contributed by atoms with Gasteiger partial charge in [-0.25, -0.2) is 12.8 Å². The van der Waals surface area contributed by atoms with Crippen molar-refractivity contribution in [2.75, 3.05) is 40.1 Å². The van der Waals surface area contributed by atoms with Crippen molar-refractivity contribution in [3.8, 4) is 0 Å². The maximum atomic E-state index is 13.4. The summed E-state index contributed by atoms with van der Waals surface area (Å²) in [5.41, 5.74) is 1.17. The number of nitrogens with zero attached hydrogens (tertiary/aromatic N) is 2. The summed E-state index contributed by atoms with van der Waals surface area (Å²) in [6, 6.07) is 13.3. The highest BCUT2D eigenvalue weighted by atomic mass is 32.2. The average Bonchev–Trinajstić information content (AvgIpc) is 2.77. The molecule has 2 aromatic rings. The van der Waals surface area contributed by atoms with Gasteiger partial charge < -0.3 is 15.0 Å². The minimum atomic E-state index is -3.62. The van der Waals surface area contributed by atoms with E-state index in [2.05, 4.69) is 5.32 Å². The molecule has 1 N–H and O–H groups in total. The first kappa shape index (κ1) is 26.4. The first-order valence-electron chi connectivity index (χ1n) is 10.4. The summed E-state index contributed by atoms with van der Waals surface area (Å²) in [4.78, 5) is 27.9. The van der Waals surface area contributed by atoms with Crippen molar-refractivity contribution in [2.24, 2.45) is 0 Å². The van der Waals surface area contributed by atoms with Crippen LogP contribution in [0.4, 0.5) is 4.39 Å². The van der Waals surface area contributed by atoms with Crippen molar-refractivity contribution >= 4 is 21.8 Å². The van der Waals surface area contributed by atoms with Crippen LogP contribution >= 0.6 is 0 Å². The van der Waals surface area contributed by atoms with Crippen LogP contribution in [-0.4, -0.2) is 69.5 Å². The van der Waals surface area contributed by atoms with E-state index >= 15 is 0 Å². The lowest BCUT2D eigenvalue weighted by Crippen LogP contribution is -2.47. The fraction of sp³-hybridized carbons (Fsp3) is 0.391. The maximum absolute atomic E-state index is 13.4. The van der Waals surface area contributed by atoms with E-state index in [0.717, 1.165) is 10.6 Å². The summed E-state index contributed by atoms with van der Waals surface area (Å²) in [5.74, 6) is -1.40. The Morgan fingerprint density at radius 3 is 2.30 bits per heavy atom. The molecule has 180 valence electrons. The Labute approximate surface area is 194 Å². The highest BCUT2D eigenvalue weighted by Crippen LogP contribution is 2.24. The first-order valence-corrected chi connectivity index (χ1v) is 12.2. The zero-order valence-electron chi connectivity index (χ0n) is 19.0. The summed E-state index contributed by atoms with van der Waals surface area (Å²) in [7, 11) is -0.756. The minimum absolute atomic E-state index is 0.0121. The van der Waals surface area contributed by atoms with Gasteiger partial charge >= 0.3 is 0 Å². The molecule has 0 saturated carbocycles. The molecule has 0 aliphatic heterocycles. The van der Waals surface area contributed by atoms with E-state index < -0.39 is 40.2 Å². The number of ether oxygens (including phenoxy) is 1. The van der Waals surface area contributed by atoms with Crippen LogP contribution in [-0.2, 0) is 30.9 Å². The Bertz CT molecular complexity index is 1020. The lowest BCUT2D eigenvalue weighted by atomic mass is 10.0. The number of methoxy groups -OCH3 is 1. The third-order valence-electron chi connectivity index (χ3n) is 5.01. The molecule has 0 spiro atoms. The van der Waals surface area contributed by atoms with Crippen molar-refractivity contribution in [3.05, 3.63) is 71.5 Å². The van der Waals surface area contributed by atoms with Gasteiger partial charge in [0.1, 0.15) is 11.9 Å². The Morgan fingerprint density at radius 1 is 1.09 bits per heavy atom. The zero-order chi connectivity index (χ0) is 24.4. The van der Waals surface area contributed by atoms with Gasteiger partial charge in [-0.1, -0.05) is 42.5 Å². The van der Waals surface area contributed by atoms with Gasteiger partial charge in [-0.3, -0.25) is 9.59 Å². The molecule has 0 aliphatic carbocycles. The summed E-state index contributed by atoms with van der Waals surface area (Å²) >= 11 is 0. The largest absolute Gasteiger partial charge is 0.385 e. The molecule has 1 atom stereocenters. The molecule has 33 heavy (non-hydrogen) atoms. The monoisotopic (exact) mass is 479 g/mol. The summed E-state index contributed by atoms with van der Waals surface area (Å²) in [5, 5.41) is 2.83. The van der Waals surface area contributed by atoms with E-state index in [0.29, 0.717) is 30.7 Å². The number of halogens is 1. The van der Waals surface area contributed by atoms with Crippen LogP contribution in [0.2, 0.25) is 0 Å². The molecule has 0 unspecified atom stereocenters. The van der Waals surface area contributed by atoms with E-state index in [4.69, 9.17) is 4.74 Å². The van der Waals surface area contributed by atoms with Gasteiger partial charge in [0.25, 0.3) is 0 Å². The molecule has 0 heterocycles. The number of amides is 2. The van der Waals surface area contributed by atoms with Gasteiger partial charge in [0.05, 0.1) is 12.8 Å². The van der Waals surface area contributed by atoms with Crippen LogP contribution in [0, 0.1) is 5.82 Å². The highest BCUT2D eigenvalue weighted by Gasteiger charge is 2.32. The van der Waals surface area contributed by atoms with Gasteiger partial charge in [0.15, 0.2) is 0 Å². The molecule has 2 amide bonds. The Morgan fingerprint density at radius 2 is 1.73 bits per heavy atom. The Balaban J connectivity index is 2.42. The van der Waals surface area contributed by atoms with Crippen LogP contribution < -0.4 is 5.32 Å². The second-order valence-corrected chi connectivity index (χ2v) is 9.71. The van der Waals surface area contributed by atoms with Crippen LogP contribution in [0.1, 0.15) is 23.6 Å². The van der Waals surface area contributed by atoms with Crippen molar-refractivity contribution in [3.63, 3.8) is 0 Å². The van der Waals surface area contributed by atoms with E-state index in [-0.39, 0.29) is 6.54 Å². The summed E-state index contributed by atoms with van der Waals surface area (Å²) in [6.45, 7) is 0.355. The van der Waals surface area contributed by atoms with Gasteiger partial charge in [0.2, 0.25) is 21.8 Å². The highest BCUT2D eigenvalue weighted by molar-refractivity contribution is 7.88. The fourth-order valence-electron chi connectivity index (χ4n) is 3.14. The molecular weight excluding hydrogens is 449 g/mol. The minimum Gasteiger partial charge on any atom is -0.385 e. The number of hydrogen-bond donors (Lipinski definition) is 1. The molecule has 0 radical (unpaired) electrons. The van der Waals surface area contributed by atoms with Crippen LogP contribution in [0.3, 0.4) is 0 Å². The fourth-order valence-corrected chi connectivity index (χ4v) is 3.49. The molecule has 2 rings (SSSR count). The molecule has 8 nitrogen and oxygen atoms in total. The maximum Gasteiger partial charge on any atom is 0.247 e. The molecule has 0 saturated heterocycles. The van der Waals surface area contributed by atoms with Crippen molar-refractivity contribution in [1.29, 1.82) is 0 Å². The zero-order valence-corrected chi connectivity index (χ0v) is 19.8. The number of carbonyl (C=O) groups is 2. The van der Waals surface area contributed by atoms with E-state index in [1.54, 1.807) is 37.4 Å². The number of rotatable bonds is 12. The second-order valence-electron chi connectivity index (χ2n) is 7.62. The van der Waals surface area contributed by atoms with Gasteiger partial charge in [-0.15, -0.1) is 0 Å². The molecule has 0 fully saturated rings. The quantitative estimate of drug-likeness (QED) is 0.470. The SMILES string of the molecule is COCCCNC(=O)[C@@H](c1ccccc1)N(Cc1ccc(F)cc1)C(=O)CN(C)S(C)(=O)=O. The van der Waals surface area contributed by atoms with Crippen molar-refractivity contribution in [1.82, 2.24) is 14.5 Å². The average molecular weight is 480 g/mol. The lowest BCUT2D eigenvalue weighted by Gasteiger charge is -2.32. The third kappa shape index (κ3) is 8.23. The number of benzene rings is 2. The van der Waals surface area contributed by atoms with Gasteiger partial charge in [-0.2, -0.15) is 4.31 Å². The van der Waals surface area contributed by atoms with E-state index in [1.807, 2.05) is 0 Å². The van der Waals surface area contributed by atoms with E-state index in [9.17, 15) is 22.4 Å². The Hall–Kier alpha value is -2.82. The molecule has 0 aliphatic rings. The van der Waals surface area contributed by atoms with Gasteiger partial charge in [-0.05, 0) is 29.7 Å². The summed E-state index contributed by atoms with van der Waals surface area (Å²) in [6.07, 6.45) is 1.59. The second kappa shape index (κ2) is 12.4. The normalized spacial score (nSPS) is 12.4. The predicted molar refractivity (Wildman–Crippen MR) is 123 cm³/mol. The number of nitrogens with one attached hydrogen (secondary N) is 1. The van der Waals surface area contributed by atoms with Crippen LogP contribution in [0.25, 0.3) is 0 Å². The first-order chi connectivity index (χ1) is 15.6. The predicted octanol–water partition coefficient (Wildman–Crippen LogP) is 1.94. The molecule has 10 heteroatoms. The van der Waals surface area contributed by atoms with E-state index in [1.165, 1.54) is 36.2 Å². The number of likely N-dealkylation sites (N-methyl/N-ethyl adjacent to an activating group) is 1. The number of hydrogen-bond acceptors (Lipinski definition) is 5. The standard InChI is InChI=1S/C23H30FN3O5S/c1-26(33(3,30)31)17-21(28)27(16-18-10-12-20(24)13-11-18)22(19-8-5-4-6-9-19)23(29)25-14-7-15-32-2/h4-6,8-13,22H,7,14-17H2,1-3H3,(H,25,29)/t22-/m1/s1.